The highest BCUT2D eigenvalue weighted by Crippen LogP contribution is 2.36. The van der Waals surface area contributed by atoms with Gasteiger partial charge in [-0.1, -0.05) is 6.07 Å². The van der Waals surface area contributed by atoms with Crippen LogP contribution in [0, 0.1) is 13.8 Å². The largest absolute Gasteiger partial charge is 0.504 e. The predicted molar refractivity (Wildman–Crippen MR) is 75.1 cm³/mol. The Morgan fingerprint density at radius 2 is 2.05 bits per heavy atom. The highest BCUT2D eigenvalue weighted by molar-refractivity contribution is 7.17. The van der Waals surface area contributed by atoms with Crippen LogP contribution in [0.1, 0.15) is 11.1 Å². The van der Waals surface area contributed by atoms with E-state index in [0.717, 1.165) is 21.3 Å². The molecule has 0 amide bonds. The Bertz CT molecular complexity index is 752. The smallest absolute Gasteiger partial charge is 0.240 e. The maximum absolute atomic E-state index is 9.86. The SMILES string of the molecule is Cc1ccc(Oc2ncnc3c(C)csc23)c(O)c1. The van der Waals surface area contributed by atoms with Crippen molar-refractivity contribution in [2.24, 2.45) is 0 Å². The Balaban J connectivity index is 2.06. The molecule has 0 saturated carbocycles. The normalized spacial score (nSPS) is 10.8. The van der Waals surface area contributed by atoms with Crippen LogP contribution in [-0.2, 0) is 0 Å². The van der Waals surface area contributed by atoms with E-state index in [1.165, 1.54) is 17.7 Å². The lowest BCUT2D eigenvalue weighted by molar-refractivity contribution is 0.405. The van der Waals surface area contributed by atoms with Crippen LogP contribution in [0.25, 0.3) is 10.2 Å². The summed E-state index contributed by atoms with van der Waals surface area (Å²) in [6.45, 7) is 3.91. The molecule has 19 heavy (non-hydrogen) atoms. The van der Waals surface area contributed by atoms with Crippen molar-refractivity contribution < 1.29 is 9.84 Å². The number of fused-ring (bicyclic) bond motifs is 1. The van der Waals surface area contributed by atoms with Crippen molar-refractivity contribution in [2.75, 3.05) is 0 Å². The van der Waals surface area contributed by atoms with E-state index in [2.05, 4.69) is 9.97 Å². The molecule has 0 bridgehead atoms. The summed E-state index contributed by atoms with van der Waals surface area (Å²) in [5.41, 5.74) is 2.96. The molecule has 1 aromatic carbocycles. The number of aromatic hydroxyl groups is 1. The number of aryl methyl sites for hydroxylation is 2. The van der Waals surface area contributed by atoms with Crippen molar-refractivity contribution in [1.82, 2.24) is 9.97 Å². The van der Waals surface area contributed by atoms with Crippen molar-refractivity contribution in [1.29, 1.82) is 0 Å². The molecule has 0 spiro atoms. The molecule has 96 valence electrons. The monoisotopic (exact) mass is 272 g/mol. The van der Waals surface area contributed by atoms with Crippen LogP contribution < -0.4 is 4.74 Å². The van der Waals surface area contributed by atoms with E-state index in [4.69, 9.17) is 4.74 Å². The van der Waals surface area contributed by atoms with Gasteiger partial charge in [0.15, 0.2) is 11.5 Å². The summed E-state index contributed by atoms with van der Waals surface area (Å²) in [6.07, 6.45) is 1.47. The lowest BCUT2D eigenvalue weighted by Crippen LogP contribution is -1.90. The summed E-state index contributed by atoms with van der Waals surface area (Å²) < 4.78 is 6.59. The second-order valence-corrected chi connectivity index (χ2v) is 5.23. The third kappa shape index (κ3) is 2.13. The first kappa shape index (κ1) is 11.9. The Morgan fingerprint density at radius 3 is 2.84 bits per heavy atom. The molecule has 0 aliphatic carbocycles. The van der Waals surface area contributed by atoms with Gasteiger partial charge in [0.1, 0.15) is 11.0 Å². The first-order valence-electron chi connectivity index (χ1n) is 5.81. The van der Waals surface area contributed by atoms with Crippen LogP contribution >= 0.6 is 11.3 Å². The quantitative estimate of drug-likeness (QED) is 0.770. The van der Waals surface area contributed by atoms with Gasteiger partial charge in [0, 0.05) is 0 Å². The first-order valence-corrected chi connectivity index (χ1v) is 6.69. The molecular weight excluding hydrogens is 260 g/mol. The number of thiophene rings is 1. The molecule has 0 aliphatic heterocycles. The van der Waals surface area contributed by atoms with Gasteiger partial charge in [0.25, 0.3) is 0 Å². The third-order valence-corrected chi connectivity index (χ3v) is 3.89. The van der Waals surface area contributed by atoms with Crippen molar-refractivity contribution in [3.8, 4) is 17.4 Å². The van der Waals surface area contributed by atoms with E-state index in [1.54, 1.807) is 12.1 Å². The fourth-order valence-electron chi connectivity index (χ4n) is 1.84. The summed E-state index contributed by atoms with van der Waals surface area (Å²) in [4.78, 5) is 8.38. The Morgan fingerprint density at radius 1 is 1.21 bits per heavy atom. The Hall–Kier alpha value is -2.14. The van der Waals surface area contributed by atoms with Gasteiger partial charge in [-0.3, -0.25) is 0 Å². The van der Waals surface area contributed by atoms with E-state index in [-0.39, 0.29) is 5.75 Å². The lowest BCUT2D eigenvalue weighted by Gasteiger charge is -2.07. The Kier molecular flexibility index (Phi) is 2.83. The fourth-order valence-corrected chi connectivity index (χ4v) is 2.77. The van der Waals surface area contributed by atoms with Gasteiger partial charge < -0.3 is 9.84 Å². The number of phenolic OH excluding ortho intramolecular Hbond substituents is 1. The maximum atomic E-state index is 9.86. The van der Waals surface area contributed by atoms with Crippen LogP contribution in [0.3, 0.4) is 0 Å². The first-order chi connectivity index (χ1) is 9.15. The van der Waals surface area contributed by atoms with Gasteiger partial charge >= 0.3 is 0 Å². The van der Waals surface area contributed by atoms with Crippen LogP contribution in [0.5, 0.6) is 17.4 Å². The van der Waals surface area contributed by atoms with Crippen molar-refractivity contribution in [3.05, 3.63) is 41.0 Å². The zero-order valence-electron chi connectivity index (χ0n) is 10.5. The summed E-state index contributed by atoms with van der Waals surface area (Å²) in [7, 11) is 0. The van der Waals surface area contributed by atoms with E-state index in [9.17, 15) is 5.11 Å². The van der Waals surface area contributed by atoms with Crippen LogP contribution in [0.15, 0.2) is 29.9 Å². The van der Waals surface area contributed by atoms with Crippen molar-refractivity contribution in [3.63, 3.8) is 0 Å². The zero-order valence-corrected chi connectivity index (χ0v) is 11.4. The number of benzene rings is 1. The van der Waals surface area contributed by atoms with Crippen LogP contribution in [-0.4, -0.2) is 15.1 Å². The highest BCUT2D eigenvalue weighted by Gasteiger charge is 2.12. The molecule has 0 atom stereocenters. The molecule has 0 aliphatic rings. The minimum Gasteiger partial charge on any atom is -0.504 e. The van der Waals surface area contributed by atoms with Crippen molar-refractivity contribution in [2.45, 2.75) is 13.8 Å². The summed E-state index contributed by atoms with van der Waals surface area (Å²) in [6, 6.07) is 5.28. The number of phenols is 1. The molecule has 5 heteroatoms. The number of ether oxygens (including phenoxy) is 1. The number of rotatable bonds is 2. The molecule has 4 nitrogen and oxygen atoms in total. The molecule has 3 aromatic rings. The van der Waals surface area contributed by atoms with Crippen molar-refractivity contribution >= 4 is 21.6 Å². The molecule has 1 N–H and O–H groups in total. The van der Waals surface area contributed by atoms with Gasteiger partial charge in [0.2, 0.25) is 5.88 Å². The van der Waals surface area contributed by atoms with Gasteiger partial charge in [0.05, 0.1) is 5.52 Å². The van der Waals surface area contributed by atoms with E-state index in [0.29, 0.717) is 11.6 Å². The minimum atomic E-state index is 0.111. The number of aromatic nitrogens is 2. The van der Waals surface area contributed by atoms with E-state index < -0.39 is 0 Å². The topological polar surface area (TPSA) is 55.2 Å². The third-order valence-electron chi connectivity index (χ3n) is 2.82. The average molecular weight is 272 g/mol. The van der Waals surface area contributed by atoms with Gasteiger partial charge in [-0.2, -0.15) is 0 Å². The van der Waals surface area contributed by atoms with Gasteiger partial charge in [-0.05, 0) is 42.5 Å². The molecule has 3 rings (SSSR count). The summed E-state index contributed by atoms with van der Waals surface area (Å²) in [5.74, 6) is 0.985. The minimum absolute atomic E-state index is 0.111. The second kappa shape index (κ2) is 4.51. The number of nitrogens with zero attached hydrogens (tertiary/aromatic N) is 2. The lowest BCUT2D eigenvalue weighted by atomic mass is 10.2. The summed E-state index contributed by atoms with van der Waals surface area (Å²) >= 11 is 1.54. The van der Waals surface area contributed by atoms with Gasteiger partial charge in [-0.15, -0.1) is 11.3 Å². The molecule has 0 unspecified atom stereocenters. The number of hydrogen-bond acceptors (Lipinski definition) is 5. The van der Waals surface area contributed by atoms with Gasteiger partial charge in [-0.25, -0.2) is 9.97 Å². The number of hydrogen-bond donors (Lipinski definition) is 1. The van der Waals surface area contributed by atoms with Crippen LogP contribution in [0.4, 0.5) is 0 Å². The average Bonchev–Trinajstić information content (AvgIpc) is 2.76. The standard InChI is InChI=1S/C14H12N2O2S/c1-8-3-4-11(10(17)5-8)18-14-13-12(15-7-16-14)9(2)6-19-13/h3-7,17H,1-2H3. The molecule has 0 saturated heterocycles. The highest BCUT2D eigenvalue weighted by atomic mass is 32.1. The molecule has 2 heterocycles. The maximum Gasteiger partial charge on any atom is 0.240 e. The van der Waals surface area contributed by atoms with E-state index in [1.807, 2.05) is 25.3 Å². The predicted octanol–water partition coefficient (Wildman–Crippen LogP) is 3.81. The Labute approximate surface area is 114 Å². The fraction of sp³-hybridized carbons (Fsp3) is 0.143. The zero-order chi connectivity index (χ0) is 13.4. The molecule has 0 fully saturated rings. The second-order valence-electron chi connectivity index (χ2n) is 4.35. The molecular formula is C14H12N2O2S. The summed E-state index contributed by atoms with van der Waals surface area (Å²) in [5, 5.41) is 11.9. The molecule has 0 radical (unpaired) electrons. The molecule has 2 aromatic heterocycles. The van der Waals surface area contributed by atoms with Crippen LogP contribution in [0.2, 0.25) is 0 Å². The van der Waals surface area contributed by atoms with E-state index >= 15 is 0 Å².